The van der Waals surface area contributed by atoms with E-state index in [0.717, 1.165) is 25.9 Å². The van der Waals surface area contributed by atoms with Crippen molar-refractivity contribution in [3.8, 4) is 0 Å². The first kappa shape index (κ1) is 20.8. The number of alkyl carbamates (subject to hydrolysis) is 1. The van der Waals surface area contributed by atoms with E-state index in [1.54, 1.807) is 0 Å². The van der Waals surface area contributed by atoms with Gasteiger partial charge in [0.2, 0.25) is 0 Å². The van der Waals surface area contributed by atoms with Gasteiger partial charge >= 0.3 is 6.09 Å². The van der Waals surface area contributed by atoms with Crippen LogP contribution in [-0.4, -0.2) is 41.8 Å². The van der Waals surface area contributed by atoms with Crippen LogP contribution in [0.2, 0.25) is 0 Å². The topological polar surface area (TPSA) is 41.6 Å². The predicted molar refractivity (Wildman–Crippen MR) is 100 cm³/mol. The lowest BCUT2D eigenvalue weighted by molar-refractivity contribution is 0.0472. The van der Waals surface area contributed by atoms with E-state index in [0.29, 0.717) is 6.04 Å². The summed E-state index contributed by atoms with van der Waals surface area (Å²) in [5.41, 5.74) is 2.53. The average molecular weight is 337 g/mol. The van der Waals surface area contributed by atoms with Gasteiger partial charge in [-0.15, -0.1) is 5.73 Å². The molecule has 1 aliphatic heterocycles. The van der Waals surface area contributed by atoms with E-state index in [9.17, 15) is 4.79 Å². The van der Waals surface area contributed by atoms with Crippen molar-refractivity contribution in [1.82, 2.24) is 10.2 Å². The smallest absolute Gasteiger partial charge is 0.407 e. The summed E-state index contributed by atoms with van der Waals surface area (Å²) in [5, 5.41) is 3.00. The van der Waals surface area contributed by atoms with Crippen LogP contribution in [0.3, 0.4) is 0 Å². The molecule has 1 aliphatic rings. The molecule has 0 aromatic carbocycles. The van der Waals surface area contributed by atoms with Crippen molar-refractivity contribution >= 4 is 6.09 Å². The van der Waals surface area contributed by atoms with Crippen LogP contribution >= 0.6 is 0 Å². The van der Waals surface area contributed by atoms with E-state index in [1.165, 1.54) is 32.1 Å². The number of ether oxygens (including phenoxy) is 1. The summed E-state index contributed by atoms with van der Waals surface area (Å²) in [6.45, 7) is 13.6. The molecule has 0 spiro atoms. The van der Waals surface area contributed by atoms with Crippen molar-refractivity contribution in [1.29, 1.82) is 0 Å². The minimum atomic E-state index is -0.441. The zero-order chi connectivity index (χ0) is 18.0. The monoisotopic (exact) mass is 336 g/mol. The highest BCUT2D eigenvalue weighted by Crippen LogP contribution is 2.19. The Kier molecular flexibility index (Phi) is 9.17. The molecule has 1 N–H and O–H groups in total. The molecule has 4 nitrogen and oxygen atoms in total. The summed E-state index contributed by atoms with van der Waals surface area (Å²) in [6.07, 6.45) is 10.0. The van der Waals surface area contributed by atoms with Crippen molar-refractivity contribution in [2.45, 2.75) is 90.3 Å². The van der Waals surface area contributed by atoms with Gasteiger partial charge in [0.1, 0.15) is 5.60 Å². The molecule has 4 heteroatoms. The number of carbonyl (C=O) groups excluding carboxylic acids is 1. The SMILES string of the molecule is C=C=CC(CCCCCC)N1CCC(NC(=O)OC(C)(C)C)CC1. The van der Waals surface area contributed by atoms with Crippen molar-refractivity contribution in [2.24, 2.45) is 0 Å². The van der Waals surface area contributed by atoms with Gasteiger partial charge in [0.15, 0.2) is 0 Å². The normalized spacial score (nSPS) is 17.8. The molecule has 0 aromatic rings. The Morgan fingerprint density at radius 3 is 2.54 bits per heavy atom. The zero-order valence-corrected chi connectivity index (χ0v) is 16.1. The molecule has 1 fully saturated rings. The molecule has 138 valence electrons. The van der Waals surface area contributed by atoms with Crippen molar-refractivity contribution in [3.63, 3.8) is 0 Å². The summed E-state index contributed by atoms with van der Waals surface area (Å²) in [4.78, 5) is 14.4. The molecule has 1 unspecified atom stereocenters. The lowest BCUT2D eigenvalue weighted by atomic mass is 10.00. The molecule has 1 amide bonds. The van der Waals surface area contributed by atoms with Gasteiger partial charge in [-0.3, -0.25) is 4.90 Å². The predicted octanol–water partition coefficient (Wildman–Crippen LogP) is 4.66. The number of carbonyl (C=O) groups is 1. The molecule has 1 heterocycles. The maximum atomic E-state index is 11.9. The number of unbranched alkanes of at least 4 members (excludes halogenated alkanes) is 3. The second-order valence-corrected chi connectivity index (χ2v) is 7.74. The van der Waals surface area contributed by atoms with E-state index in [2.05, 4.69) is 35.5 Å². The van der Waals surface area contributed by atoms with Crippen LogP contribution in [-0.2, 0) is 4.74 Å². The highest BCUT2D eigenvalue weighted by atomic mass is 16.6. The molecule has 0 aromatic heterocycles. The Balaban J connectivity index is 2.38. The van der Waals surface area contributed by atoms with Crippen LogP contribution in [0.5, 0.6) is 0 Å². The quantitative estimate of drug-likeness (QED) is 0.518. The van der Waals surface area contributed by atoms with E-state index in [1.807, 2.05) is 20.8 Å². The van der Waals surface area contributed by atoms with Gasteiger partial charge in [0.05, 0.1) is 0 Å². The van der Waals surface area contributed by atoms with Gasteiger partial charge in [-0.2, -0.15) is 0 Å². The minimum Gasteiger partial charge on any atom is -0.444 e. The van der Waals surface area contributed by atoms with Crippen LogP contribution in [0.1, 0.15) is 72.6 Å². The number of likely N-dealkylation sites (tertiary alicyclic amines) is 1. The summed E-state index contributed by atoms with van der Waals surface area (Å²) >= 11 is 0. The van der Waals surface area contributed by atoms with Gasteiger partial charge in [-0.1, -0.05) is 39.2 Å². The maximum absolute atomic E-state index is 11.9. The molecule has 0 aliphatic carbocycles. The van der Waals surface area contributed by atoms with Crippen LogP contribution in [0.15, 0.2) is 18.4 Å². The minimum absolute atomic E-state index is 0.213. The Bertz CT molecular complexity index is 414. The van der Waals surface area contributed by atoms with Crippen molar-refractivity contribution < 1.29 is 9.53 Å². The lowest BCUT2D eigenvalue weighted by Crippen LogP contribution is -2.48. The third kappa shape index (κ3) is 8.56. The Labute approximate surface area is 148 Å². The van der Waals surface area contributed by atoms with E-state index in [4.69, 9.17) is 4.74 Å². The van der Waals surface area contributed by atoms with Gasteiger partial charge < -0.3 is 10.1 Å². The largest absolute Gasteiger partial charge is 0.444 e. The molecule has 0 radical (unpaired) electrons. The molecule has 0 saturated carbocycles. The first-order chi connectivity index (χ1) is 11.4. The summed E-state index contributed by atoms with van der Waals surface area (Å²) < 4.78 is 5.34. The number of nitrogens with one attached hydrogen (secondary N) is 1. The zero-order valence-electron chi connectivity index (χ0n) is 16.1. The van der Waals surface area contributed by atoms with Crippen LogP contribution in [0, 0.1) is 0 Å². The van der Waals surface area contributed by atoms with E-state index >= 15 is 0 Å². The van der Waals surface area contributed by atoms with Crippen molar-refractivity contribution in [2.75, 3.05) is 13.1 Å². The number of rotatable bonds is 8. The number of piperidine rings is 1. The molecule has 24 heavy (non-hydrogen) atoms. The van der Waals surface area contributed by atoms with Crippen LogP contribution < -0.4 is 5.32 Å². The lowest BCUT2D eigenvalue weighted by Gasteiger charge is -2.36. The molecule has 1 atom stereocenters. The first-order valence-electron chi connectivity index (χ1n) is 9.45. The highest BCUT2D eigenvalue weighted by molar-refractivity contribution is 5.68. The molecule has 1 saturated heterocycles. The molecular formula is C20H36N2O2. The molecule has 1 rings (SSSR count). The van der Waals surface area contributed by atoms with Crippen LogP contribution in [0.25, 0.3) is 0 Å². The Hall–Kier alpha value is -1.25. The van der Waals surface area contributed by atoms with Gasteiger partial charge in [-0.05, 0) is 46.1 Å². The summed E-state index contributed by atoms with van der Waals surface area (Å²) in [5.74, 6) is 0. The van der Waals surface area contributed by atoms with Gasteiger partial charge in [0.25, 0.3) is 0 Å². The van der Waals surface area contributed by atoms with Gasteiger partial charge in [-0.25, -0.2) is 4.79 Å². The van der Waals surface area contributed by atoms with Crippen molar-refractivity contribution in [3.05, 3.63) is 18.4 Å². The first-order valence-corrected chi connectivity index (χ1v) is 9.45. The summed E-state index contributed by atoms with van der Waals surface area (Å²) in [7, 11) is 0. The van der Waals surface area contributed by atoms with Gasteiger partial charge in [0, 0.05) is 25.2 Å². The fourth-order valence-corrected chi connectivity index (χ4v) is 3.14. The third-order valence-electron chi connectivity index (χ3n) is 4.38. The fraction of sp³-hybridized carbons (Fsp3) is 0.800. The standard InChI is InChI=1S/C20H36N2O2/c1-6-8-9-10-12-18(11-7-2)22-15-13-17(14-16-22)21-19(23)24-20(3,4)5/h11,17-18H,2,6,8-10,12-16H2,1,3-5H3,(H,21,23). The highest BCUT2D eigenvalue weighted by Gasteiger charge is 2.26. The molecule has 0 bridgehead atoms. The Morgan fingerprint density at radius 1 is 1.33 bits per heavy atom. The summed E-state index contributed by atoms with van der Waals surface area (Å²) in [6, 6.07) is 0.645. The fourth-order valence-electron chi connectivity index (χ4n) is 3.14. The van der Waals surface area contributed by atoms with Crippen LogP contribution in [0.4, 0.5) is 4.79 Å². The number of hydrogen-bond acceptors (Lipinski definition) is 3. The number of amides is 1. The second kappa shape index (κ2) is 10.6. The molecular weight excluding hydrogens is 300 g/mol. The second-order valence-electron chi connectivity index (χ2n) is 7.74. The maximum Gasteiger partial charge on any atom is 0.407 e. The average Bonchev–Trinajstić information content (AvgIpc) is 2.49. The third-order valence-corrected chi connectivity index (χ3v) is 4.38. The van der Waals surface area contributed by atoms with E-state index in [-0.39, 0.29) is 12.1 Å². The Morgan fingerprint density at radius 2 is 2.00 bits per heavy atom. The number of nitrogens with zero attached hydrogens (tertiary/aromatic N) is 1. The van der Waals surface area contributed by atoms with E-state index < -0.39 is 5.60 Å². The number of hydrogen-bond donors (Lipinski definition) is 1.